The third kappa shape index (κ3) is 4.12. The van der Waals surface area contributed by atoms with Gasteiger partial charge in [0.2, 0.25) is 0 Å². The van der Waals surface area contributed by atoms with Gasteiger partial charge in [0.25, 0.3) is 0 Å². The average molecular weight is 276 g/mol. The smallest absolute Gasteiger partial charge is 0.319 e. The summed E-state index contributed by atoms with van der Waals surface area (Å²) in [6.45, 7) is 1.89. The lowest BCUT2D eigenvalue weighted by Crippen LogP contribution is -2.36. The van der Waals surface area contributed by atoms with Gasteiger partial charge in [-0.3, -0.25) is 0 Å². The van der Waals surface area contributed by atoms with Crippen molar-refractivity contribution in [2.45, 2.75) is 25.8 Å². The summed E-state index contributed by atoms with van der Waals surface area (Å²) in [5.41, 5.74) is 0.170. The summed E-state index contributed by atoms with van der Waals surface area (Å²) < 4.78 is 18.6. The first-order valence-corrected chi connectivity index (χ1v) is 6.49. The highest BCUT2D eigenvalue weighted by atomic mass is 19.1. The van der Waals surface area contributed by atoms with Gasteiger partial charge in [0, 0.05) is 12.5 Å². The van der Waals surface area contributed by atoms with Gasteiger partial charge in [-0.2, -0.15) is 0 Å². The van der Waals surface area contributed by atoms with Gasteiger partial charge in [-0.05, 0) is 37.6 Å². The molecule has 1 atom stereocenters. The molecule has 0 spiro atoms. The van der Waals surface area contributed by atoms with Gasteiger partial charge in [-0.1, -0.05) is 12.1 Å². The zero-order valence-electron chi connectivity index (χ0n) is 11.2. The van der Waals surface area contributed by atoms with Gasteiger partial charge in [-0.15, -0.1) is 0 Å². The van der Waals surface area contributed by atoms with Crippen molar-refractivity contribution in [1.82, 2.24) is 5.32 Å². The third-order valence-corrected chi connectivity index (χ3v) is 2.90. The van der Waals surface area contributed by atoms with Crippen molar-refractivity contribution >= 4 is 11.7 Å². The van der Waals surface area contributed by atoms with E-state index in [1.54, 1.807) is 18.4 Å². The van der Waals surface area contributed by atoms with Crippen LogP contribution in [-0.2, 0) is 6.42 Å². The molecule has 4 nitrogen and oxygen atoms in total. The molecular formula is C15H17FN2O2. The van der Waals surface area contributed by atoms with Crippen molar-refractivity contribution in [3.63, 3.8) is 0 Å². The topological polar surface area (TPSA) is 54.3 Å². The molecule has 106 valence electrons. The van der Waals surface area contributed by atoms with Crippen LogP contribution in [0.15, 0.2) is 47.1 Å². The first-order chi connectivity index (χ1) is 9.65. The number of aryl methyl sites for hydroxylation is 1. The number of carbonyl (C=O) groups excluding carboxylic acids is 1. The van der Waals surface area contributed by atoms with Crippen LogP contribution >= 0.6 is 0 Å². The minimum absolute atomic E-state index is 0.0353. The van der Waals surface area contributed by atoms with Gasteiger partial charge >= 0.3 is 6.03 Å². The molecule has 0 fully saturated rings. The van der Waals surface area contributed by atoms with Crippen molar-refractivity contribution in [2.24, 2.45) is 0 Å². The van der Waals surface area contributed by atoms with Crippen molar-refractivity contribution in [3.05, 3.63) is 54.2 Å². The summed E-state index contributed by atoms with van der Waals surface area (Å²) in [6.07, 6.45) is 3.12. The molecule has 1 heterocycles. The summed E-state index contributed by atoms with van der Waals surface area (Å²) in [5, 5.41) is 5.25. The molecule has 20 heavy (non-hydrogen) atoms. The van der Waals surface area contributed by atoms with E-state index in [1.807, 2.05) is 19.1 Å². The van der Waals surface area contributed by atoms with Crippen LogP contribution in [0, 0.1) is 5.82 Å². The lowest BCUT2D eigenvalue weighted by atomic mass is 10.1. The second-order valence-corrected chi connectivity index (χ2v) is 4.60. The maximum absolute atomic E-state index is 13.4. The van der Waals surface area contributed by atoms with Crippen molar-refractivity contribution in [1.29, 1.82) is 0 Å². The Balaban J connectivity index is 1.78. The van der Waals surface area contributed by atoms with E-state index in [0.717, 1.165) is 18.6 Å². The summed E-state index contributed by atoms with van der Waals surface area (Å²) >= 11 is 0. The molecule has 1 aromatic heterocycles. The molecule has 0 aliphatic heterocycles. The largest absolute Gasteiger partial charge is 0.469 e. The Morgan fingerprint density at radius 1 is 1.30 bits per heavy atom. The number of urea groups is 1. The zero-order chi connectivity index (χ0) is 14.4. The maximum atomic E-state index is 13.4. The highest BCUT2D eigenvalue weighted by Gasteiger charge is 2.10. The summed E-state index contributed by atoms with van der Waals surface area (Å²) in [5.74, 6) is 0.430. The Morgan fingerprint density at radius 2 is 2.10 bits per heavy atom. The Morgan fingerprint density at radius 3 is 2.80 bits per heavy atom. The molecule has 2 amide bonds. The van der Waals surface area contributed by atoms with E-state index in [-0.39, 0.29) is 11.7 Å². The number of hydrogen-bond donors (Lipinski definition) is 2. The number of amides is 2. The molecule has 0 saturated carbocycles. The molecule has 0 aliphatic carbocycles. The molecule has 5 heteroatoms. The first kappa shape index (κ1) is 14.1. The van der Waals surface area contributed by atoms with Crippen LogP contribution in [0.2, 0.25) is 0 Å². The Bertz CT molecular complexity index is 555. The Kier molecular flexibility index (Phi) is 4.76. The van der Waals surface area contributed by atoms with Crippen LogP contribution in [0.5, 0.6) is 0 Å². The van der Waals surface area contributed by atoms with E-state index in [0.29, 0.717) is 0 Å². The highest BCUT2D eigenvalue weighted by molar-refractivity contribution is 5.89. The number of hydrogen-bond acceptors (Lipinski definition) is 2. The fraction of sp³-hybridized carbons (Fsp3) is 0.267. The molecule has 0 radical (unpaired) electrons. The molecule has 0 unspecified atom stereocenters. The van der Waals surface area contributed by atoms with E-state index in [4.69, 9.17) is 4.42 Å². The minimum Gasteiger partial charge on any atom is -0.469 e. The number of rotatable bonds is 5. The van der Waals surface area contributed by atoms with Crippen molar-refractivity contribution in [3.8, 4) is 0 Å². The molecular weight excluding hydrogens is 259 g/mol. The molecule has 2 N–H and O–H groups in total. The number of furan rings is 1. The number of para-hydroxylation sites is 1. The summed E-state index contributed by atoms with van der Waals surface area (Å²) in [4.78, 5) is 11.7. The first-order valence-electron chi connectivity index (χ1n) is 6.49. The van der Waals surface area contributed by atoms with E-state index in [1.165, 1.54) is 12.1 Å². The standard InChI is InChI=1S/C15H17FN2O2/c1-11(8-9-12-5-4-10-20-12)17-15(19)18-14-7-3-2-6-13(14)16/h2-7,10-11H,8-9H2,1H3,(H2,17,18,19)/t11-/m1/s1. The maximum Gasteiger partial charge on any atom is 0.319 e. The normalized spacial score (nSPS) is 11.9. The minimum atomic E-state index is -0.453. The number of benzene rings is 1. The lowest BCUT2D eigenvalue weighted by molar-refractivity contribution is 0.248. The van der Waals surface area contributed by atoms with Crippen LogP contribution in [0.25, 0.3) is 0 Å². The van der Waals surface area contributed by atoms with E-state index >= 15 is 0 Å². The van der Waals surface area contributed by atoms with Gasteiger partial charge in [-0.25, -0.2) is 9.18 Å². The SMILES string of the molecule is C[C@H](CCc1ccco1)NC(=O)Nc1ccccc1F. The molecule has 0 aliphatic rings. The highest BCUT2D eigenvalue weighted by Crippen LogP contribution is 2.12. The summed E-state index contributed by atoms with van der Waals surface area (Å²) in [6, 6.07) is 9.33. The molecule has 2 aromatic rings. The van der Waals surface area contributed by atoms with Crippen LogP contribution in [0.4, 0.5) is 14.9 Å². The fourth-order valence-electron chi connectivity index (χ4n) is 1.83. The molecule has 1 aromatic carbocycles. The molecule has 0 bridgehead atoms. The van der Waals surface area contributed by atoms with Crippen LogP contribution in [0.3, 0.4) is 0 Å². The Hall–Kier alpha value is -2.30. The molecule has 0 saturated heterocycles. The van der Waals surface area contributed by atoms with Gasteiger partial charge in [0.15, 0.2) is 0 Å². The number of nitrogens with one attached hydrogen (secondary N) is 2. The fourth-order valence-corrected chi connectivity index (χ4v) is 1.83. The van der Waals surface area contributed by atoms with Crippen molar-refractivity contribution < 1.29 is 13.6 Å². The number of carbonyl (C=O) groups is 1. The third-order valence-electron chi connectivity index (χ3n) is 2.90. The van der Waals surface area contributed by atoms with Gasteiger partial charge < -0.3 is 15.1 Å². The predicted molar refractivity (Wildman–Crippen MR) is 75.0 cm³/mol. The van der Waals surface area contributed by atoms with E-state index in [2.05, 4.69) is 10.6 Å². The molecule has 2 rings (SSSR count). The van der Waals surface area contributed by atoms with E-state index in [9.17, 15) is 9.18 Å². The monoisotopic (exact) mass is 276 g/mol. The lowest BCUT2D eigenvalue weighted by Gasteiger charge is -2.14. The van der Waals surface area contributed by atoms with Crippen LogP contribution in [-0.4, -0.2) is 12.1 Å². The number of anilines is 1. The Labute approximate surface area is 117 Å². The predicted octanol–water partition coefficient (Wildman–Crippen LogP) is 3.56. The quantitative estimate of drug-likeness (QED) is 0.877. The second kappa shape index (κ2) is 6.75. The van der Waals surface area contributed by atoms with Gasteiger partial charge in [0.1, 0.15) is 11.6 Å². The van der Waals surface area contributed by atoms with E-state index < -0.39 is 11.8 Å². The second-order valence-electron chi connectivity index (χ2n) is 4.60. The average Bonchev–Trinajstić information content (AvgIpc) is 2.92. The van der Waals surface area contributed by atoms with Gasteiger partial charge in [0.05, 0.1) is 12.0 Å². The van der Waals surface area contributed by atoms with Crippen LogP contribution < -0.4 is 10.6 Å². The number of halogens is 1. The van der Waals surface area contributed by atoms with Crippen LogP contribution in [0.1, 0.15) is 19.1 Å². The zero-order valence-corrected chi connectivity index (χ0v) is 11.2. The summed E-state index contributed by atoms with van der Waals surface area (Å²) in [7, 11) is 0. The van der Waals surface area contributed by atoms with Crippen molar-refractivity contribution in [2.75, 3.05) is 5.32 Å².